The zero-order chi connectivity index (χ0) is 13.2. The normalized spacial score (nSPS) is 27.5. The summed E-state index contributed by atoms with van der Waals surface area (Å²) in [5.74, 6) is 0.416. The van der Waals surface area contributed by atoms with Gasteiger partial charge in [0, 0.05) is 19.1 Å². The number of aliphatic hydroxyl groups excluding tert-OH is 1. The van der Waals surface area contributed by atoms with E-state index in [1.165, 1.54) is 0 Å². The summed E-state index contributed by atoms with van der Waals surface area (Å²) in [5.41, 5.74) is 0. The molecule has 0 radical (unpaired) electrons. The molecule has 0 aromatic rings. The fourth-order valence-corrected chi connectivity index (χ4v) is 2.55. The second kappa shape index (κ2) is 5.75. The van der Waals surface area contributed by atoms with E-state index >= 15 is 0 Å². The van der Waals surface area contributed by atoms with E-state index in [2.05, 4.69) is 5.32 Å². The third-order valence-electron chi connectivity index (χ3n) is 3.74. The Labute approximate surface area is 105 Å². The van der Waals surface area contributed by atoms with Gasteiger partial charge in [-0.2, -0.15) is 13.2 Å². The minimum absolute atomic E-state index is 0.254. The van der Waals surface area contributed by atoms with Crippen LogP contribution in [0.15, 0.2) is 0 Å². The number of rotatable bonds is 5. The van der Waals surface area contributed by atoms with Gasteiger partial charge in [-0.1, -0.05) is 0 Å². The Morgan fingerprint density at radius 1 is 1.28 bits per heavy atom. The number of aliphatic hydroxyl groups is 1. The average Bonchev–Trinajstić information content (AvgIpc) is 3.12. The summed E-state index contributed by atoms with van der Waals surface area (Å²) in [6.45, 7) is 2.28. The number of piperidine rings is 1. The fourth-order valence-electron chi connectivity index (χ4n) is 2.55. The van der Waals surface area contributed by atoms with Gasteiger partial charge in [-0.05, 0) is 44.7 Å². The van der Waals surface area contributed by atoms with E-state index in [9.17, 15) is 18.3 Å². The second-order valence-electron chi connectivity index (χ2n) is 5.45. The molecule has 0 bridgehead atoms. The molecule has 2 fully saturated rings. The maximum atomic E-state index is 12.4. The molecule has 106 valence electrons. The molecule has 6 heteroatoms. The number of halogens is 3. The third-order valence-corrected chi connectivity index (χ3v) is 3.74. The molecule has 18 heavy (non-hydrogen) atoms. The molecule has 1 aliphatic heterocycles. The Kier molecular flexibility index (Phi) is 4.50. The van der Waals surface area contributed by atoms with Gasteiger partial charge in [0.05, 0.1) is 0 Å². The number of nitrogens with one attached hydrogen (secondary N) is 1. The summed E-state index contributed by atoms with van der Waals surface area (Å²) < 4.78 is 37.1. The zero-order valence-electron chi connectivity index (χ0n) is 10.4. The molecule has 1 saturated carbocycles. The van der Waals surface area contributed by atoms with Crippen LogP contribution in [0.1, 0.15) is 25.7 Å². The van der Waals surface area contributed by atoms with Gasteiger partial charge in [0.15, 0.2) is 6.10 Å². The van der Waals surface area contributed by atoms with Crippen molar-refractivity contribution >= 4 is 0 Å². The van der Waals surface area contributed by atoms with Gasteiger partial charge in [-0.3, -0.25) is 4.90 Å². The number of hydrogen-bond donors (Lipinski definition) is 2. The minimum Gasteiger partial charge on any atom is -0.382 e. The van der Waals surface area contributed by atoms with Crippen molar-refractivity contribution in [2.45, 2.75) is 44.0 Å². The van der Waals surface area contributed by atoms with Crippen LogP contribution in [0, 0.1) is 5.92 Å². The van der Waals surface area contributed by atoms with E-state index in [-0.39, 0.29) is 12.6 Å². The predicted molar refractivity (Wildman–Crippen MR) is 62.3 cm³/mol. The predicted octanol–water partition coefficient (Wildman–Crippen LogP) is 1.37. The first-order valence-electron chi connectivity index (χ1n) is 6.66. The van der Waals surface area contributed by atoms with Gasteiger partial charge < -0.3 is 10.4 Å². The van der Waals surface area contributed by atoms with E-state index in [4.69, 9.17) is 0 Å². The molecule has 2 unspecified atom stereocenters. The molecule has 2 rings (SSSR count). The van der Waals surface area contributed by atoms with Crippen LogP contribution in [0.5, 0.6) is 0 Å². The highest BCUT2D eigenvalue weighted by Crippen LogP contribution is 2.30. The maximum absolute atomic E-state index is 12.4. The molecule has 2 atom stereocenters. The largest absolute Gasteiger partial charge is 0.415 e. The van der Waals surface area contributed by atoms with Crippen LogP contribution in [-0.2, 0) is 0 Å². The molecule has 1 aliphatic carbocycles. The van der Waals surface area contributed by atoms with Gasteiger partial charge in [-0.25, -0.2) is 0 Å². The summed E-state index contributed by atoms with van der Waals surface area (Å²) in [6.07, 6.45) is -2.63. The van der Waals surface area contributed by atoms with Crippen molar-refractivity contribution in [1.82, 2.24) is 10.2 Å². The smallest absolute Gasteiger partial charge is 0.382 e. The highest BCUT2D eigenvalue weighted by molar-refractivity contribution is 4.88. The molecule has 0 amide bonds. The first kappa shape index (κ1) is 14.1. The van der Waals surface area contributed by atoms with Crippen molar-refractivity contribution < 1.29 is 18.3 Å². The molecule has 1 saturated heterocycles. The molecule has 1 heterocycles. The van der Waals surface area contributed by atoms with Gasteiger partial charge >= 0.3 is 6.18 Å². The Morgan fingerprint density at radius 3 is 2.50 bits per heavy atom. The summed E-state index contributed by atoms with van der Waals surface area (Å²) in [5, 5.41) is 12.5. The van der Waals surface area contributed by atoms with Crippen molar-refractivity contribution in [3.8, 4) is 0 Å². The maximum Gasteiger partial charge on any atom is 0.415 e. The Balaban J connectivity index is 1.83. The van der Waals surface area contributed by atoms with Gasteiger partial charge in [-0.15, -0.1) is 0 Å². The molecule has 0 spiro atoms. The monoisotopic (exact) mass is 266 g/mol. The molecular weight excluding hydrogens is 245 g/mol. The van der Waals surface area contributed by atoms with E-state index in [0.29, 0.717) is 12.5 Å². The average molecular weight is 266 g/mol. The zero-order valence-corrected chi connectivity index (χ0v) is 10.4. The molecule has 2 aliphatic rings. The van der Waals surface area contributed by atoms with Gasteiger partial charge in [0.25, 0.3) is 0 Å². The second-order valence-corrected chi connectivity index (χ2v) is 5.45. The number of hydrogen-bond acceptors (Lipinski definition) is 3. The molecule has 0 aromatic heterocycles. The highest BCUT2D eigenvalue weighted by Gasteiger charge is 2.42. The lowest BCUT2D eigenvalue weighted by molar-refractivity contribution is -0.208. The number of nitrogens with zero attached hydrogens (tertiary/aromatic N) is 1. The van der Waals surface area contributed by atoms with Crippen LogP contribution in [0.3, 0.4) is 0 Å². The van der Waals surface area contributed by atoms with E-state index in [1.54, 1.807) is 0 Å². The minimum atomic E-state index is -4.50. The Morgan fingerprint density at radius 2 is 2.00 bits per heavy atom. The van der Waals surface area contributed by atoms with Crippen LogP contribution >= 0.6 is 0 Å². The lowest BCUT2D eigenvalue weighted by Gasteiger charge is -2.31. The SMILES string of the molecule is OC(CN(CC1CCCNC1)C1CC1)C(F)(F)F. The van der Waals surface area contributed by atoms with Crippen molar-refractivity contribution in [3.63, 3.8) is 0 Å². The van der Waals surface area contributed by atoms with Gasteiger partial charge in [0.1, 0.15) is 0 Å². The van der Waals surface area contributed by atoms with Crippen LogP contribution < -0.4 is 5.32 Å². The van der Waals surface area contributed by atoms with Crippen molar-refractivity contribution in [2.75, 3.05) is 26.2 Å². The van der Waals surface area contributed by atoms with Crippen molar-refractivity contribution in [1.29, 1.82) is 0 Å². The Bertz CT molecular complexity index is 263. The quantitative estimate of drug-likeness (QED) is 0.789. The van der Waals surface area contributed by atoms with Gasteiger partial charge in [0.2, 0.25) is 0 Å². The molecular formula is C12H21F3N2O. The Hall–Kier alpha value is -0.330. The van der Waals surface area contributed by atoms with Crippen LogP contribution in [-0.4, -0.2) is 54.5 Å². The molecule has 3 nitrogen and oxygen atoms in total. The fraction of sp³-hybridized carbons (Fsp3) is 1.00. The van der Waals surface area contributed by atoms with E-state index < -0.39 is 12.3 Å². The number of alkyl halides is 3. The van der Waals surface area contributed by atoms with Crippen molar-refractivity contribution in [3.05, 3.63) is 0 Å². The van der Waals surface area contributed by atoms with E-state index in [0.717, 1.165) is 38.8 Å². The van der Waals surface area contributed by atoms with Crippen LogP contribution in [0.2, 0.25) is 0 Å². The van der Waals surface area contributed by atoms with Crippen LogP contribution in [0.25, 0.3) is 0 Å². The summed E-state index contributed by atoms with van der Waals surface area (Å²) in [7, 11) is 0. The topological polar surface area (TPSA) is 35.5 Å². The van der Waals surface area contributed by atoms with Crippen LogP contribution in [0.4, 0.5) is 13.2 Å². The summed E-state index contributed by atoms with van der Waals surface area (Å²) >= 11 is 0. The van der Waals surface area contributed by atoms with E-state index in [1.807, 2.05) is 4.90 Å². The summed E-state index contributed by atoms with van der Waals surface area (Å²) in [6, 6.07) is 0.254. The standard InChI is InChI=1S/C12H21F3N2O/c13-12(14,15)11(18)8-17(10-3-4-10)7-9-2-1-5-16-6-9/h9-11,16,18H,1-8H2. The summed E-state index contributed by atoms with van der Waals surface area (Å²) in [4.78, 5) is 1.83. The first-order chi connectivity index (χ1) is 8.47. The first-order valence-corrected chi connectivity index (χ1v) is 6.66. The van der Waals surface area contributed by atoms with Crippen molar-refractivity contribution in [2.24, 2.45) is 5.92 Å². The highest BCUT2D eigenvalue weighted by atomic mass is 19.4. The lowest BCUT2D eigenvalue weighted by atomic mass is 9.99. The molecule has 0 aromatic carbocycles. The lowest BCUT2D eigenvalue weighted by Crippen LogP contribution is -2.45. The molecule has 2 N–H and O–H groups in total. The third kappa shape index (κ3) is 4.10.